The topological polar surface area (TPSA) is 72.4 Å². The molecule has 2 unspecified atom stereocenters. The van der Waals surface area contributed by atoms with Crippen LogP contribution in [0.3, 0.4) is 0 Å². The number of aliphatic hydroxyl groups is 1. The third-order valence-electron chi connectivity index (χ3n) is 6.42. The van der Waals surface area contributed by atoms with Gasteiger partial charge in [-0.05, 0) is 51.3 Å². The Hall–Kier alpha value is -0.940. The van der Waals surface area contributed by atoms with Gasteiger partial charge in [0, 0.05) is 45.3 Å². The number of hydrogen-bond acceptors (Lipinski definition) is 5. The molecule has 2 aliphatic rings. The Morgan fingerprint density at radius 1 is 1.12 bits per heavy atom. The van der Waals surface area contributed by atoms with E-state index in [0.29, 0.717) is 25.7 Å². The molecule has 1 aromatic carbocycles. The van der Waals surface area contributed by atoms with Crippen LogP contribution in [-0.4, -0.2) is 85.0 Å². The molecule has 0 aromatic heterocycles. The van der Waals surface area contributed by atoms with Crippen LogP contribution < -0.4 is 10.6 Å². The SMILES string of the molecule is CCNC(=NCc1ccc(CN2CCCCC2C)cc1)NCC(C)(O)CN1CCOCC1.I. The summed E-state index contributed by atoms with van der Waals surface area (Å²) in [5.74, 6) is 0.737. The molecular formula is C25H44IN5O2. The number of hydrogen-bond donors (Lipinski definition) is 3. The van der Waals surface area contributed by atoms with E-state index in [9.17, 15) is 5.11 Å². The lowest BCUT2D eigenvalue weighted by atomic mass is 10.0. The van der Waals surface area contributed by atoms with Gasteiger partial charge in [0.2, 0.25) is 0 Å². The van der Waals surface area contributed by atoms with Crippen LogP contribution in [0.5, 0.6) is 0 Å². The normalized spacial score (nSPS) is 22.3. The van der Waals surface area contributed by atoms with Crippen LogP contribution in [0.15, 0.2) is 29.3 Å². The minimum atomic E-state index is -0.833. The molecule has 8 heteroatoms. The fraction of sp³-hybridized carbons (Fsp3) is 0.720. The molecule has 2 atom stereocenters. The lowest BCUT2D eigenvalue weighted by Crippen LogP contribution is -2.52. The summed E-state index contributed by atoms with van der Waals surface area (Å²) < 4.78 is 5.40. The van der Waals surface area contributed by atoms with Crippen LogP contribution in [0.4, 0.5) is 0 Å². The number of ether oxygens (including phenoxy) is 1. The molecular weight excluding hydrogens is 529 g/mol. The van der Waals surface area contributed by atoms with Crippen molar-refractivity contribution in [1.29, 1.82) is 0 Å². The Morgan fingerprint density at radius 3 is 2.48 bits per heavy atom. The van der Waals surface area contributed by atoms with Gasteiger partial charge in [-0.1, -0.05) is 30.7 Å². The highest BCUT2D eigenvalue weighted by Gasteiger charge is 2.25. The van der Waals surface area contributed by atoms with Crippen molar-refractivity contribution in [2.45, 2.75) is 64.8 Å². The average Bonchev–Trinajstić information content (AvgIpc) is 2.79. The van der Waals surface area contributed by atoms with E-state index in [4.69, 9.17) is 9.73 Å². The summed E-state index contributed by atoms with van der Waals surface area (Å²) in [6.07, 6.45) is 3.99. The molecule has 1 aromatic rings. The monoisotopic (exact) mass is 573 g/mol. The van der Waals surface area contributed by atoms with E-state index in [-0.39, 0.29) is 24.0 Å². The minimum Gasteiger partial charge on any atom is -0.387 e. The zero-order valence-corrected chi connectivity index (χ0v) is 23.0. The number of rotatable bonds is 9. The van der Waals surface area contributed by atoms with Crippen LogP contribution in [-0.2, 0) is 17.8 Å². The van der Waals surface area contributed by atoms with Gasteiger partial charge in [0.1, 0.15) is 0 Å². The van der Waals surface area contributed by atoms with E-state index in [1.165, 1.54) is 36.9 Å². The molecule has 2 saturated heterocycles. The van der Waals surface area contributed by atoms with Gasteiger partial charge in [0.05, 0.1) is 25.4 Å². The maximum Gasteiger partial charge on any atom is 0.191 e. The van der Waals surface area contributed by atoms with Crippen molar-refractivity contribution < 1.29 is 9.84 Å². The standard InChI is InChI=1S/C25H43N5O2.HI/c1-4-26-24(28-19-25(3,31)20-29-13-15-32-16-14-29)27-17-22-8-10-23(11-9-22)18-30-12-6-5-7-21(30)2;/h8-11,21,31H,4-7,12-20H2,1-3H3,(H2,26,27,28);1H. The number of morpholine rings is 1. The highest BCUT2D eigenvalue weighted by Crippen LogP contribution is 2.19. The molecule has 2 fully saturated rings. The molecule has 0 radical (unpaired) electrons. The number of likely N-dealkylation sites (tertiary alicyclic amines) is 1. The molecule has 3 N–H and O–H groups in total. The Bertz CT molecular complexity index is 707. The van der Waals surface area contributed by atoms with Crippen molar-refractivity contribution in [2.24, 2.45) is 4.99 Å². The quantitative estimate of drug-likeness (QED) is 0.240. The van der Waals surface area contributed by atoms with E-state index in [1.807, 2.05) is 6.92 Å². The summed E-state index contributed by atoms with van der Waals surface area (Å²) >= 11 is 0. The van der Waals surface area contributed by atoms with E-state index in [1.54, 1.807) is 0 Å². The van der Waals surface area contributed by atoms with Gasteiger partial charge in [-0.3, -0.25) is 9.80 Å². The zero-order valence-electron chi connectivity index (χ0n) is 20.7. The molecule has 0 saturated carbocycles. The number of halogens is 1. The first-order valence-electron chi connectivity index (χ1n) is 12.3. The van der Waals surface area contributed by atoms with E-state index >= 15 is 0 Å². The van der Waals surface area contributed by atoms with Gasteiger partial charge in [-0.15, -0.1) is 24.0 Å². The molecule has 2 aliphatic heterocycles. The second-order valence-corrected chi connectivity index (χ2v) is 9.57. The van der Waals surface area contributed by atoms with Crippen LogP contribution in [0.1, 0.15) is 51.2 Å². The van der Waals surface area contributed by atoms with Crippen molar-refractivity contribution in [3.05, 3.63) is 35.4 Å². The molecule has 0 aliphatic carbocycles. The zero-order chi connectivity index (χ0) is 22.8. The first kappa shape index (κ1) is 28.3. The predicted molar refractivity (Wildman–Crippen MR) is 146 cm³/mol. The third kappa shape index (κ3) is 10.1. The molecule has 188 valence electrons. The smallest absolute Gasteiger partial charge is 0.191 e. The molecule has 0 bridgehead atoms. The molecule has 7 nitrogen and oxygen atoms in total. The van der Waals surface area contributed by atoms with E-state index in [2.05, 4.69) is 58.5 Å². The van der Waals surface area contributed by atoms with Gasteiger partial charge in [0.25, 0.3) is 0 Å². The Labute approximate surface area is 217 Å². The number of nitrogens with one attached hydrogen (secondary N) is 2. The van der Waals surface area contributed by atoms with E-state index < -0.39 is 5.60 Å². The molecule has 3 rings (SSSR count). The largest absolute Gasteiger partial charge is 0.387 e. The van der Waals surface area contributed by atoms with Crippen LogP contribution in [0.2, 0.25) is 0 Å². The van der Waals surface area contributed by atoms with Crippen molar-refractivity contribution >= 4 is 29.9 Å². The Kier molecular flexibility index (Phi) is 12.4. The van der Waals surface area contributed by atoms with Crippen molar-refractivity contribution in [3.63, 3.8) is 0 Å². The number of guanidine groups is 1. The van der Waals surface area contributed by atoms with Crippen molar-refractivity contribution in [3.8, 4) is 0 Å². The number of piperidine rings is 1. The minimum absolute atomic E-state index is 0. The number of benzene rings is 1. The Morgan fingerprint density at radius 2 is 1.82 bits per heavy atom. The van der Waals surface area contributed by atoms with Crippen LogP contribution in [0.25, 0.3) is 0 Å². The lowest BCUT2D eigenvalue weighted by molar-refractivity contribution is -0.0201. The summed E-state index contributed by atoms with van der Waals surface area (Å²) in [6.45, 7) is 14.2. The fourth-order valence-electron chi connectivity index (χ4n) is 4.46. The summed E-state index contributed by atoms with van der Waals surface area (Å²) in [7, 11) is 0. The number of nitrogens with zero attached hydrogens (tertiary/aromatic N) is 3. The highest BCUT2D eigenvalue weighted by molar-refractivity contribution is 14.0. The van der Waals surface area contributed by atoms with Crippen molar-refractivity contribution in [2.75, 3.05) is 52.5 Å². The molecule has 0 spiro atoms. The molecule has 2 heterocycles. The number of aliphatic imine (C=N–C) groups is 1. The van der Waals surface area contributed by atoms with Crippen LogP contribution in [0, 0.1) is 0 Å². The van der Waals surface area contributed by atoms with Crippen molar-refractivity contribution in [1.82, 2.24) is 20.4 Å². The van der Waals surface area contributed by atoms with Gasteiger partial charge in [-0.25, -0.2) is 4.99 Å². The number of β-amino-alcohol motifs (C(OH)–C–C–N with tert-alkyl or cyclic N) is 1. The molecule has 0 amide bonds. The Balaban J connectivity index is 0.00000385. The molecule has 33 heavy (non-hydrogen) atoms. The summed E-state index contributed by atoms with van der Waals surface area (Å²) in [6, 6.07) is 9.53. The van der Waals surface area contributed by atoms with Gasteiger partial charge >= 0.3 is 0 Å². The first-order chi connectivity index (χ1) is 15.4. The second kappa shape index (κ2) is 14.5. The lowest BCUT2D eigenvalue weighted by Gasteiger charge is -2.34. The first-order valence-corrected chi connectivity index (χ1v) is 12.3. The summed E-state index contributed by atoms with van der Waals surface area (Å²) in [5.41, 5.74) is 1.73. The second-order valence-electron chi connectivity index (χ2n) is 9.57. The van der Waals surface area contributed by atoms with Gasteiger partial charge in [-0.2, -0.15) is 0 Å². The van der Waals surface area contributed by atoms with Gasteiger partial charge in [0.15, 0.2) is 5.96 Å². The summed E-state index contributed by atoms with van der Waals surface area (Å²) in [4.78, 5) is 9.57. The summed E-state index contributed by atoms with van der Waals surface area (Å²) in [5, 5.41) is 17.4. The van der Waals surface area contributed by atoms with E-state index in [0.717, 1.165) is 45.4 Å². The maximum atomic E-state index is 10.8. The third-order valence-corrected chi connectivity index (χ3v) is 6.42. The fourth-order valence-corrected chi connectivity index (χ4v) is 4.46. The maximum absolute atomic E-state index is 10.8. The highest BCUT2D eigenvalue weighted by atomic mass is 127. The predicted octanol–water partition coefficient (Wildman–Crippen LogP) is 2.82. The van der Waals surface area contributed by atoms with Crippen LogP contribution >= 0.6 is 24.0 Å². The van der Waals surface area contributed by atoms with Gasteiger partial charge < -0.3 is 20.5 Å². The average molecular weight is 574 g/mol.